The lowest BCUT2D eigenvalue weighted by Crippen LogP contribution is -2.12. The van der Waals surface area contributed by atoms with Crippen molar-refractivity contribution in [3.05, 3.63) is 53.2 Å². The fraction of sp³-hybridized carbons (Fsp3) is 0.391. The molecule has 2 aromatic rings. The van der Waals surface area contributed by atoms with Crippen molar-refractivity contribution in [2.45, 2.75) is 55.2 Å². The van der Waals surface area contributed by atoms with E-state index in [2.05, 4.69) is 30.4 Å². The van der Waals surface area contributed by atoms with Gasteiger partial charge in [0, 0.05) is 16.5 Å². The Morgan fingerprint density at radius 3 is 2.67 bits per heavy atom. The molecule has 27 heavy (non-hydrogen) atoms. The number of methoxy groups -OCH3 is 1. The van der Waals surface area contributed by atoms with Crippen LogP contribution in [-0.4, -0.2) is 17.3 Å². The minimum Gasteiger partial charge on any atom is -0.497 e. The van der Waals surface area contributed by atoms with Gasteiger partial charge in [-0.15, -0.1) is 0 Å². The maximum atomic E-state index is 10.0. The molecule has 0 bridgehead atoms. The highest BCUT2D eigenvalue weighted by Gasteiger charge is 2.24. The summed E-state index contributed by atoms with van der Waals surface area (Å²) in [5.74, 6) is 0.835. The Labute approximate surface area is 165 Å². The highest BCUT2D eigenvalue weighted by atomic mass is 32.2. The number of aryl methyl sites for hydroxylation is 1. The summed E-state index contributed by atoms with van der Waals surface area (Å²) in [6.07, 6.45) is 12.4. The number of fused-ring (bicyclic) bond motifs is 1. The lowest BCUT2D eigenvalue weighted by Gasteiger charge is -2.23. The van der Waals surface area contributed by atoms with Crippen molar-refractivity contribution in [1.82, 2.24) is 4.98 Å². The second-order valence-electron chi connectivity index (χ2n) is 7.15. The van der Waals surface area contributed by atoms with Crippen LogP contribution in [0.5, 0.6) is 5.75 Å². The Kier molecular flexibility index (Phi) is 5.50. The molecule has 3 nitrogen and oxygen atoms in total. The van der Waals surface area contributed by atoms with E-state index in [-0.39, 0.29) is 0 Å². The molecule has 1 heterocycles. The minimum atomic E-state index is 0.420. The van der Waals surface area contributed by atoms with Gasteiger partial charge in [-0.25, -0.2) is 4.98 Å². The molecule has 0 saturated carbocycles. The number of pyridine rings is 1. The zero-order valence-corrected chi connectivity index (χ0v) is 16.5. The molecule has 0 spiro atoms. The van der Waals surface area contributed by atoms with Crippen LogP contribution in [0.25, 0.3) is 11.1 Å². The summed E-state index contributed by atoms with van der Waals surface area (Å²) in [6, 6.07) is 10.6. The summed E-state index contributed by atoms with van der Waals surface area (Å²) < 4.78 is 5.31. The lowest BCUT2D eigenvalue weighted by molar-refractivity contribution is 0.415. The molecule has 1 unspecified atom stereocenters. The molecule has 0 N–H and O–H groups in total. The standard InChI is InChI=1S/C23H24N2OS/c1-26-17-13-11-16(12-14-17)22-19-9-5-6-10-21(19)25-23(20(22)15-24)27-18-7-3-2-4-8-18/h3,7,11-14,18H,2,4-6,8-10H2,1H3. The number of aromatic nitrogens is 1. The zero-order chi connectivity index (χ0) is 18.6. The number of thioether (sulfide) groups is 1. The maximum Gasteiger partial charge on any atom is 0.118 e. The molecular weight excluding hydrogens is 352 g/mol. The highest BCUT2D eigenvalue weighted by molar-refractivity contribution is 8.00. The van der Waals surface area contributed by atoms with E-state index >= 15 is 0 Å². The molecule has 0 fully saturated rings. The summed E-state index contributed by atoms with van der Waals surface area (Å²) >= 11 is 1.76. The molecule has 0 amide bonds. The van der Waals surface area contributed by atoms with Crippen molar-refractivity contribution >= 4 is 11.8 Å². The lowest BCUT2D eigenvalue weighted by atomic mass is 9.87. The first-order valence-corrected chi connectivity index (χ1v) is 10.6. The van der Waals surface area contributed by atoms with Crippen LogP contribution in [0.15, 0.2) is 41.4 Å². The third-order valence-corrected chi connectivity index (χ3v) is 6.62. The van der Waals surface area contributed by atoms with Gasteiger partial charge in [0.25, 0.3) is 0 Å². The number of hydrogen-bond acceptors (Lipinski definition) is 4. The van der Waals surface area contributed by atoms with Crippen LogP contribution in [0.2, 0.25) is 0 Å². The second kappa shape index (κ2) is 8.19. The number of allylic oxidation sites excluding steroid dienone is 1. The molecule has 4 heteroatoms. The fourth-order valence-electron chi connectivity index (χ4n) is 4.01. The molecule has 4 rings (SSSR count). The number of rotatable bonds is 4. The summed E-state index contributed by atoms with van der Waals surface area (Å²) in [4.78, 5) is 4.98. The van der Waals surface area contributed by atoms with E-state index in [0.717, 1.165) is 53.1 Å². The van der Waals surface area contributed by atoms with Crippen LogP contribution in [0.4, 0.5) is 0 Å². The first-order valence-electron chi connectivity index (χ1n) is 9.73. The Morgan fingerprint density at radius 2 is 1.96 bits per heavy atom. The number of nitriles is 1. The quantitative estimate of drug-likeness (QED) is 0.641. The fourth-order valence-corrected chi connectivity index (χ4v) is 5.20. The molecular formula is C23H24N2OS. The van der Waals surface area contributed by atoms with E-state index in [1.807, 2.05) is 12.1 Å². The smallest absolute Gasteiger partial charge is 0.118 e. The Balaban J connectivity index is 1.84. The van der Waals surface area contributed by atoms with Crippen LogP contribution in [0, 0.1) is 11.3 Å². The Morgan fingerprint density at radius 1 is 1.15 bits per heavy atom. The van der Waals surface area contributed by atoms with Gasteiger partial charge in [-0.3, -0.25) is 0 Å². The average molecular weight is 377 g/mol. The monoisotopic (exact) mass is 376 g/mol. The third kappa shape index (κ3) is 3.75. The van der Waals surface area contributed by atoms with Crippen LogP contribution in [0.1, 0.15) is 48.9 Å². The van der Waals surface area contributed by atoms with Crippen LogP contribution in [0.3, 0.4) is 0 Å². The third-order valence-electron chi connectivity index (χ3n) is 5.40. The van der Waals surface area contributed by atoms with Gasteiger partial charge in [-0.1, -0.05) is 36.0 Å². The number of benzene rings is 1. The van der Waals surface area contributed by atoms with Gasteiger partial charge in [-0.2, -0.15) is 5.26 Å². The van der Waals surface area contributed by atoms with Gasteiger partial charge >= 0.3 is 0 Å². The first-order chi connectivity index (χ1) is 13.3. The predicted molar refractivity (Wildman–Crippen MR) is 110 cm³/mol. The van der Waals surface area contributed by atoms with E-state index in [9.17, 15) is 5.26 Å². The van der Waals surface area contributed by atoms with E-state index in [1.54, 1.807) is 18.9 Å². The molecule has 1 atom stereocenters. The second-order valence-corrected chi connectivity index (χ2v) is 8.38. The van der Waals surface area contributed by atoms with E-state index < -0.39 is 0 Å². The minimum absolute atomic E-state index is 0.420. The van der Waals surface area contributed by atoms with Crippen molar-refractivity contribution in [2.24, 2.45) is 0 Å². The van der Waals surface area contributed by atoms with Gasteiger partial charge < -0.3 is 4.74 Å². The van der Waals surface area contributed by atoms with Crippen molar-refractivity contribution in [3.63, 3.8) is 0 Å². The van der Waals surface area contributed by atoms with E-state index in [1.165, 1.54) is 30.5 Å². The first kappa shape index (κ1) is 18.1. The Hall–Kier alpha value is -2.25. The predicted octanol–water partition coefficient (Wildman–Crippen LogP) is 5.71. The summed E-state index contributed by atoms with van der Waals surface area (Å²) in [6.45, 7) is 0. The van der Waals surface area contributed by atoms with Gasteiger partial charge in [0.15, 0.2) is 0 Å². The molecule has 138 valence electrons. The molecule has 2 aliphatic carbocycles. The highest BCUT2D eigenvalue weighted by Crippen LogP contribution is 2.40. The molecule has 2 aliphatic rings. The average Bonchev–Trinajstić information content (AvgIpc) is 2.73. The SMILES string of the molecule is COc1ccc(-c2c(C#N)c(SC3C=CCCC3)nc3c2CCCC3)cc1. The number of hydrogen-bond donors (Lipinski definition) is 0. The van der Waals surface area contributed by atoms with Gasteiger partial charge in [0.1, 0.15) is 16.8 Å². The number of nitrogens with zero attached hydrogens (tertiary/aromatic N) is 2. The Bertz CT molecular complexity index is 896. The van der Waals surface area contributed by atoms with E-state index in [0.29, 0.717) is 5.25 Å². The largest absolute Gasteiger partial charge is 0.497 e. The summed E-state index contributed by atoms with van der Waals surface area (Å²) in [7, 11) is 1.68. The molecule has 1 aromatic heterocycles. The van der Waals surface area contributed by atoms with Crippen LogP contribution < -0.4 is 4.74 Å². The van der Waals surface area contributed by atoms with Gasteiger partial charge in [-0.05, 0) is 68.2 Å². The van der Waals surface area contributed by atoms with Crippen molar-refractivity contribution in [2.75, 3.05) is 7.11 Å². The van der Waals surface area contributed by atoms with Crippen LogP contribution >= 0.6 is 11.8 Å². The van der Waals surface area contributed by atoms with Crippen molar-refractivity contribution < 1.29 is 4.74 Å². The maximum absolute atomic E-state index is 10.0. The van der Waals surface area contributed by atoms with Crippen LogP contribution in [-0.2, 0) is 12.8 Å². The molecule has 0 aliphatic heterocycles. The summed E-state index contributed by atoms with van der Waals surface area (Å²) in [5.41, 5.74) is 5.38. The normalized spacial score (nSPS) is 18.6. The molecule has 1 aromatic carbocycles. The summed E-state index contributed by atoms with van der Waals surface area (Å²) in [5, 5.41) is 11.4. The van der Waals surface area contributed by atoms with Gasteiger partial charge in [0.05, 0.1) is 12.7 Å². The molecule has 0 radical (unpaired) electrons. The van der Waals surface area contributed by atoms with Crippen molar-refractivity contribution in [3.8, 4) is 22.9 Å². The topological polar surface area (TPSA) is 45.9 Å². The van der Waals surface area contributed by atoms with Crippen molar-refractivity contribution in [1.29, 1.82) is 5.26 Å². The zero-order valence-electron chi connectivity index (χ0n) is 15.7. The molecule has 0 saturated heterocycles. The van der Waals surface area contributed by atoms with Gasteiger partial charge in [0.2, 0.25) is 0 Å². The van der Waals surface area contributed by atoms with E-state index in [4.69, 9.17) is 9.72 Å². The number of ether oxygens (including phenoxy) is 1.